The standard InChI is InChI=1S/C17H24N4O/c1-12(2)15-11-16(21(5)19-15)17(22)20(4)13(3)10-14-8-6-7-9-18-14/h6-9,11-13H,10H2,1-5H3. The summed E-state index contributed by atoms with van der Waals surface area (Å²) < 4.78 is 1.67. The lowest BCUT2D eigenvalue weighted by molar-refractivity contribution is 0.0732. The number of likely N-dealkylation sites (N-methyl/N-ethyl adjacent to an activating group) is 1. The quantitative estimate of drug-likeness (QED) is 0.853. The van der Waals surface area contributed by atoms with E-state index in [1.807, 2.05) is 45.3 Å². The Morgan fingerprint density at radius 3 is 2.59 bits per heavy atom. The van der Waals surface area contributed by atoms with E-state index in [-0.39, 0.29) is 11.9 Å². The zero-order valence-electron chi connectivity index (χ0n) is 13.9. The van der Waals surface area contributed by atoms with Crippen molar-refractivity contribution in [3.8, 4) is 0 Å². The summed E-state index contributed by atoms with van der Waals surface area (Å²) in [4.78, 5) is 18.8. The number of aryl methyl sites for hydroxylation is 1. The maximum Gasteiger partial charge on any atom is 0.272 e. The van der Waals surface area contributed by atoms with Crippen molar-refractivity contribution in [3.05, 3.63) is 47.5 Å². The molecule has 2 aromatic heterocycles. The molecule has 0 aliphatic carbocycles. The molecule has 2 rings (SSSR count). The number of amides is 1. The molecule has 2 aromatic rings. The van der Waals surface area contributed by atoms with Crippen LogP contribution in [-0.2, 0) is 13.5 Å². The molecule has 0 fully saturated rings. The normalized spacial score (nSPS) is 12.5. The average molecular weight is 300 g/mol. The molecule has 0 bridgehead atoms. The van der Waals surface area contributed by atoms with E-state index in [0.29, 0.717) is 11.6 Å². The fourth-order valence-electron chi connectivity index (χ4n) is 2.31. The summed E-state index contributed by atoms with van der Waals surface area (Å²) in [5, 5.41) is 4.41. The molecule has 5 nitrogen and oxygen atoms in total. The van der Waals surface area contributed by atoms with Crippen LogP contribution < -0.4 is 0 Å². The average Bonchev–Trinajstić information content (AvgIpc) is 2.89. The van der Waals surface area contributed by atoms with Crippen molar-refractivity contribution in [1.82, 2.24) is 19.7 Å². The largest absolute Gasteiger partial charge is 0.337 e. The summed E-state index contributed by atoms with van der Waals surface area (Å²) in [7, 11) is 3.65. The van der Waals surface area contributed by atoms with Crippen molar-refractivity contribution in [1.29, 1.82) is 0 Å². The van der Waals surface area contributed by atoms with Gasteiger partial charge in [-0.15, -0.1) is 0 Å². The molecular weight excluding hydrogens is 276 g/mol. The first-order valence-corrected chi connectivity index (χ1v) is 7.61. The first-order valence-electron chi connectivity index (χ1n) is 7.61. The van der Waals surface area contributed by atoms with E-state index >= 15 is 0 Å². The van der Waals surface area contributed by atoms with Gasteiger partial charge in [-0.25, -0.2) is 0 Å². The molecule has 118 valence electrons. The Morgan fingerprint density at radius 2 is 2.05 bits per heavy atom. The highest BCUT2D eigenvalue weighted by Crippen LogP contribution is 2.16. The molecule has 0 saturated heterocycles. The molecule has 0 saturated carbocycles. The highest BCUT2D eigenvalue weighted by molar-refractivity contribution is 5.92. The Bertz CT molecular complexity index is 633. The van der Waals surface area contributed by atoms with E-state index in [4.69, 9.17) is 0 Å². The fourth-order valence-corrected chi connectivity index (χ4v) is 2.31. The molecular formula is C17H24N4O. The molecule has 5 heteroatoms. The first-order chi connectivity index (χ1) is 10.4. The number of carbonyl (C=O) groups excluding carboxylic acids is 1. The van der Waals surface area contributed by atoms with Gasteiger partial charge in [0.1, 0.15) is 5.69 Å². The lowest BCUT2D eigenvalue weighted by Gasteiger charge is -2.24. The van der Waals surface area contributed by atoms with Gasteiger partial charge in [0.2, 0.25) is 0 Å². The number of pyridine rings is 1. The van der Waals surface area contributed by atoms with Gasteiger partial charge in [-0.05, 0) is 31.0 Å². The van der Waals surface area contributed by atoms with Crippen LogP contribution in [0.5, 0.6) is 0 Å². The zero-order valence-corrected chi connectivity index (χ0v) is 13.9. The zero-order chi connectivity index (χ0) is 16.3. The minimum Gasteiger partial charge on any atom is -0.337 e. The van der Waals surface area contributed by atoms with Gasteiger partial charge in [0, 0.05) is 38.4 Å². The van der Waals surface area contributed by atoms with Gasteiger partial charge >= 0.3 is 0 Å². The predicted molar refractivity (Wildman–Crippen MR) is 86.8 cm³/mol. The number of carbonyl (C=O) groups is 1. The lowest BCUT2D eigenvalue weighted by Crippen LogP contribution is -2.37. The third kappa shape index (κ3) is 3.53. The minimum absolute atomic E-state index is 0.00895. The van der Waals surface area contributed by atoms with Crippen LogP contribution in [0.15, 0.2) is 30.5 Å². The van der Waals surface area contributed by atoms with E-state index in [9.17, 15) is 4.79 Å². The fraction of sp³-hybridized carbons (Fsp3) is 0.471. The number of hydrogen-bond acceptors (Lipinski definition) is 3. The van der Waals surface area contributed by atoms with E-state index in [1.165, 1.54) is 0 Å². The van der Waals surface area contributed by atoms with Crippen LogP contribution in [0.3, 0.4) is 0 Å². The summed E-state index contributed by atoms with van der Waals surface area (Å²) >= 11 is 0. The Hall–Kier alpha value is -2.17. The van der Waals surface area contributed by atoms with E-state index in [2.05, 4.69) is 23.9 Å². The second-order valence-electron chi connectivity index (χ2n) is 6.02. The molecule has 1 atom stereocenters. The number of rotatable bonds is 5. The molecule has 0 N–H and O–H groups in total. The Balaban J connectivity index is 2.11. The van der Waals surface area contributed by atoms with Gasteiger partial charge in [-0.2, -0.15) is 5.10 Å². The van der Waals surface area contributed by atoms with Crippen molar-refractivity contribution in [3.63, 3.8) is 0 Å². The molecule has 1 unspecified atom stereocenters. The van der Waals surface area contributed by atoms with E-state index in [1.54, 1.807) is 15.8 Å². The molecule has 0 aromatic carbocycles. The second kappa shape index (κ2) is 6.73. The predicted octanol–water partition coefficient (Wildman–Crippen LogP) is 2.64. The van der Waals surface area contributed by atoms with Gasteiger partial charge in [0.05, 0.1) is 5.69 Å². The summed E-state index contributed by atoms with van der Waals surface area (Å²) in [6.07, 6.45) is 2.51. The van der Waals surface area contributed by atoms with Gasteiger partial charge in [0.15, 0.2) is 0 Å². The molecule has 0 aliphatic rings. The van der Waals surface area contributed by atoms with Crippen molar-refractivity contribution >= 4 is 5.91 Å². The molecule has 0 spiro atoms. The number of hydrogen-bond donors (Lipinski definition) is 0. The number of aromatic nitrogens is 3. The number of nitrogens with zero attached hydrogens (tertiary/aromatic N) is 4. The van der Waals surface area contributed by atoms with Crippen LogP contribution in [0.1, 0.15) is 48.6 Å². The second-order valence-corrected chi connectivity index (χ2v) is 6.02. The molecule has 0 aliphatic heterocycles. The monoisotopic (exact) mass is 300 g/mol. The smallest absolute Gasteiger partial charge is 0.272 e. The molecule has 0 radical (unpaired) electrons. The SMILES string of the molecule is CC(C)c1cc(C(=O)N(C)C(C)Cc2ccccn2)n(C)n1. The minimum atomic E-state index is -0.00895. The first kappa shape index (κ1) is 16.2. The van der Waals surface area contributed by atoms with Gasteiger partial charge in [-0.3, -0.25) is 14.5 Å². The van der Waals surface area contributed by atoms with Gasteiger partial charge in [-0.1, -0.05) is 19.9 Å². The molecule has 22 heavy (non-hydrogen) atoms. The van der Waals surface area contributed by atoms with Crippen molar-refractivity contribution in [2.24, 2.45) is 7.05 Å². The Morgan fingerprint density at radius 1 is 1.32 bits per heavy atom. The Labute approximate surface area is 132 Å². The summed E-state index contributed by atoms with van der Waals surface area (Å²) in [5.41, 5.74) is 2.55. The van der Waals surface area contributed by atoms with Crippen LogP contribution in [0.4, 0.5) is 0 Å². The van der Waals surface area contributed by atoms with Crippen molar-refractivity contribution in [2.75, 3.05) is 7.05 Å². The summed E-state index contributed by atoms with van der Waals surface area (Å²) in [6, 6.07) is 7.80. The topological polar surface area (TPSA) is 51.0 Å². The van der Waals surface area contributed by atoms with Crippen molar-refractivity contribution < 1.29 is 4.79 Å². The third-order valence-corrected chi connectivity index (χ3v) is 3.92. The van der Waals surface area contributed by atoms with Crippen molar-refractivity contribution in [2.45, 2.75) is 39.2 Å². The van der Waals surface area contributed by atoms with Crippen LogP contribution in [0, 0.1) is 0 Å². The van der Waals surface area contributed by atoms with Crippen LogP contribution in [0.2, 0.25) is 0 Å². The van der Waals surface area contributed by atoms with Crippen LogP contribution in [0.25, 0.3) is 0 Å². The van der Waals surface area contributed by atoms with Crippen LogP contribution >= 0.6 is 0 Å². The molecule has 1 amide bonds. The van der Waals surface area contributed by atoms with Gasteiger partial charge < -0.3 is 4.90 Å². The van der Waals surface area contributed by atoms with Gasteiger partial charge in [0.25, 0.3) is 5.91 Å². The third-order valence-electron chi connectivity index (χ3n) is 3.92. The highest BCUT2D eigenvalue weighted by Gasteiger charge is 2.22. The maximum atomic E-state index is 12.7. The van der Waals surface area contributed by atoms with E-state index in [0.717, 1.165) is 17.8 Å². The lowest BCUT2D eigenvalue weighted by atomic mass is 10.1. The highest BCUT2D eigenvalue weighted by atomic mass is 16.2. The summed E-state index contributed by atoms with van der Waals surface area (Å²) in [5.74, 6) is 0.300. The Kier molecular flexibility index (Phi) is 4.96. The summed E-state index contributed by atoms with van der Waals surface area (Å²) in [6.45, 7) is 6.18. The van der Waals surface area contributed by atoms with E-state index < -0.39 is 0 Å². The maximum absolute atomic E-state index is 12.7. The van der Waals surface area contributed by atoms with Crippen LogP contribution in [-0.4, -0.2) is 38.7 Å². The molecule has 2 heterocycles.